The number of hydrogen-bond acceptors (Lipinski definition) is 4. The lowest BCUT2D eigenvalue weighted by atomic mass is 9.97. The first kappa shape index (κ1) is 20.8. The van der Waals surface area contributed by atoms with Crippen molar-refractivity contribution in [2.45, 2.75) is 51.0 Å². The standard InChI is InChI=1S/C18H27ClN2O4S/c1-25-17-11-10-15(12-16(17)19)21(26(2,23)24)13-18(22)20-14-8-6-4-3-5-7-9-14/h10-12,14H,3-9,13H2,1-2H3,(H,20,22). The minimum atomic E-state index is -3.63. The Morgan fingerprint density at radius 2 is 1.85 bits per heavy atom. The summed E-state index contributed by atoms with van der Waals surface area (Å²) in [5.74, 6) is 0.149. The van der Waals surface area contributed by atoms with Gasteiger partial charge in [-0.3, -0.25) is 9.10 Å². The van der Waals surface area contributed by atoms with E-state index < -0.39 is 10.0 Å². The SMILES string of the molecule is COc1ccc(N(CC(=O)NC2CCCCCCC2)S(C)(=O)=O)cc1Cl. The Hall–Kier alpha value is -1.47. The second-order valence-electron chi connectivity index (χ2n) is 6.70. The average Bonchev–Trinajstić information content (AvgIpc) is 2.54. The number of carbonyl (C=O) groups excluding carboxylic acids is 1. The highest BCUT2D eigenvalue weighted by Crippen LogP contribution is 2.30. The van der Waals surface area contributed by atoms with Crippen LogP contribution in [-0.4, -0.2) is 40.3 Å². The predicted octanol–water partition coefficient (Wildman–Crippen LogP) is 3.34. The van der Waals surface area contributed by atoms with Crippen molar-refractivity contribution in [1.82, 2.24) is 5.32 Å². The molecule has 1 saturated carbocycles. The molecule has 26 heavy (non-hydrogen) atoms. The number of benzene rings is 1. The summed E-state index contributed by atoms with van der Waals surface area (Å²) >= 11 is 6.10. The van der Waals surface area contributed by atoms with Gasteiger partial charge in [-0.15, -0.1) is 0 Å². The number of halogens is 1. The van der Waals surface area contributed by atoms with E-state index in [0.717, 1.165) is 36.2 Å². The molecule has 0 spiro atoms. The fourth-order valence-electron chi connectivity index (χ4n) is 3.21. The third-order valence-electron chi connectivity index (χ3n) is 4.58. The highest BCUT2D eigenvalue weighted by molar-refractivity contribution is 7.92. The van der Waals surface area contributed by atoms with Crippen LogP contribution in [0.3, 0.4) is 0 Å². The number of amides is 1. The van der Waals surface area contributed by atoms with Crippen LogP contribution in [0.2, 0.25) is 5.02 Å². The topological polar surface area (TPSA) is 75.7 Å². The Bertz CT molecular complexity index is 716. The zero-order chi connectivity index (χ0) is 19.2. The molecular formula is C18H27ClN2O4S. The summed E-state index contributed by atoms with van der Waals surface area (Å²) < 4.78 is 30.6. The van der Waals surface area contributed by atoms with E-state index in [2.05, 4.69) is 5.32 Å². The van der Waals surface area contributed by atoms with Gasteiger partial charge >= 0.3 is 0 Å². The first-order valence-electron chi connectivity index (χ1n) is 8.92. The van der Waals surface area contributed by atoms with Crippen molar-refractivity contribution >= 4 is 33.2 Å². The molecule has 0 unspecified atom stereocenters. The molecule has 1 amide bonds. The molecule has 1 aliphatic rings. The summed E-state index contributed by atoms with van der Waals surface area (Å²) in [4.78, 5) is 12.5. The van der Waals surface area contributed by atoms with Gasteiger partial charge in [0.15, 0.2) is 0 Å². The molecule has 146 valence electrons. The van der Waals surface area contributed by atoms with E-state index in [1.54, 1.807) is 12.1 Å². The van der Waals surface area contributed by atoms with Gasteiger partial charge < -0.3 is 10.1 Å². The number of sulfonamides is 1. The van der Waals surface area contributed by atoms with Crippen LogP contribution in [0.4, 0.5) is 5.69 Å². The van der Waals surface area contributed by atoms with Crippen LogP contribution in [0.1, 0.15) is 44.9 Å². The van der Waals surface area contributed by atoms with Gasteiger partial charge in [-0.2, -0.15) is 0 Å². The van der Waals surface area contributed by atoms with Crippen LogP contribution in [0.15, 0.2) is 18.2 Å². The minimum absolute atomic E-state index is 0.115. The maximum atomic E-state index is 12.5. The Labute approximate surface area is 160 Å². The normalized spacial score (nSPS) is 16.4. The lowest BCUT2D eigenvalue weighted by molar-refractivity contribution is -0.120. The molecule has 0 aliphatic heterocycles. The van der Waals surface area contributed by atoms with Gasteiger partial charge in [0.05, 0.1) is 24.1 Å². The molecule has 1 aromatic rings. The van der Waals surface area contributed by atoms with E-state index in [9.17, 15) is 13.2 Å². The Morgan fingerprint density at radius 3 is 2.38 bits per heavy atom. The van der Waals surface area contributed by atoms with Crippen molar-refractivity contribution in [3.8, 4) is 5.75 Å². The van der Waals surface area contributed by atoms with Gasteiger partial charge in [-0.25, -0.2) is 8.42 Å². The van der Waals surface area contributed by atoms with Crippen molar-refractivity contribution in [3.63, 3.8) is 0 Å². The first-order valence-corrected chi connectivity index (χ1v) is 11.1. The number of ether oxygens (including phenoxy) is 1. The van der Waals surface area contributed by atoms with Crippen molar-refractivity contribution in [2.75, 3.05) is 24.2 Å². The van der Waals surface area contributed by atoms with Gasteiger partial charge in [-0.1, -0.05) is 43.7 Å². The molecule has 0 bridgehead atoms. The molecule has 0 saturated heterocycles. The maximum Gasteiger partial charge on any atom is 0.240 e. The third-order valence-corrected chi connectivity index (χ3v) is 6.02. The number of rotatable bonds is 6. The van der Waals surface area contributed by atoms with Crippen molar-refractivity contribution in [2.24, 2.45) is 0 Å². The molecule has 0 heterocycles. The summed E-state index contributed by atoms with van der Waals surface area (Å²) in [7, 11) is -2.15. The highest BCUT2D eigenvalue weighted by atomic mass is 35.5. The average molecular weight is 403 g/mol. The number of nitrogens with zero attached hydrogens (tertiary/aromatic N) is 1. The summed E-state index contributed by atoms with van der Waals surface area (Å²) in [5, 5.41) is 3.28. The van der Waals surface area contributed by atoms with Crippen LogP contribution in [0.25, 0.3) is 0 Å². The summed E-state index contributed by atoms with van der Waals surface area (Å²) in [6, 6.07) is 4.77. The quantitative estimate of drug-likeness (QED) is 0.791. The van der Waals surface area contributed by atoms with Gasteiger partial charge in [0, 0.05) is 6.04 Å². The Morgan fingerprint density at radius 1 is 1.23 bits per heavy atom. The van der Waals surface area contributed by atoms with Crippen molar-refractivity contribution in [1.29, 1.82) is 0 Å². The number of carbonyl (C=O) groups is 1. The molecule has 2 rings (SSSR count). The zero-order valence-corrected chi connectivity index (χ0v) is 16.9. The smallest absolute Gasteiger partial charge is 0.240 e. The fraction of sp³-hybridized carbons (Fsp3) is 0.611. The largest absolute Gasteiger partial charge is 0.495 e. The second kappa shape index (κ2) is 9.46. The lowest BCUT2D eigenvalue weighted by Crippen LogP contribution is -2.44. The molecule has 1 N–H and O–H groups in total. The van der Waals surface area contributed by atoms with Gasteiger partial charge in [-0.05, 0) is 31.0 Å². The first-order chi connectivity index (χ1) is 12.3. The van der Waals surface area contributed by atoms with E-state index in [1.807, 2.05) is 0 Å². The van der Waals surface area contributed by atoms with Crippen molar-refractivity contribution < 1.29 is 17.9 Å². The maximum absolute atomic E-state index is 12.5. The molecule has 0 atom stereocenters. The Balaban J connectivity index is 2.10. The number of anilines is 1. The summed E-state index contributed by atoms with van der Waals surface area (Å²) in [6.07, 6.45) is 8.77. The van der Waals surface area contributed by atoms with E-state index in [-0.39, 0.29) is 18.5 Å². The molecule has 1 aliphatic carbocycles. The third kappa shape index (κ3) is 6.06. The van der Waals surface area contributed by atoms with E-state index in [0.29, 0.717) is 16.5 Å². The van der Waals surface area contributed by atoms with E-state index in [4.69, 9.17) is 16.3 Å². The van der Waals surface area contributed by atoms with Crippen molar-refractivity contribution in [3.05, 3.63) is 23.2 Å². The predicted molar refractivity (Wildman–Crippen MR) is 104 cm³/mol. The van der Waals surface area contributed by atoms with E-state index >= 15 is 0 Å². The number of hydrogen-bond donors (Lipinski definition) is 1. The number of nitrogens with one attached hydrogen (secondary N) is 1. The van der Waals surface area contributed by atoms with Gasteiger partial charge in [0.25, 0.3) is 0 Å². The molecule has 8 heteroatoms. The minimum Gasteiger partial charge on any atom is -0.495 e. The second-order valence-corrected chi connectivity index (χ2v) is 9.01. The molecule has 0 aromatic heterocycles. The van der Waals surface area contributed by atoms with Crippen LogP contribution in [-0.2, 0) is 14.8 Å². The monoisotopic (exact) mass is 402 g/mol. The molecular weight excluding hydrogens is 376 g/mol. The highest BCUT2D eigenvalue weighted by Gasteiger charge is 2.23. The number of methoxy groups -OCH3 is 1. The molecule has 0 radical (unpaired) electrons. The zero-order valence-electron chi connectivity index (χ0n) is 15.3. The van der Waals surface area contributed by atoms with E-state index in [1.165, 1.54) is 32.4 Å². The lowest BCUT2D eigenvalue weighted by Gasteiger charge is -2.25. The van der Waals surface area contributed by atoms with Crippen LogP contribution in [0, 0.1) is 0 Å². The fourth-order valence-corrected chi connectivity index (χ4v) is 4.31. The van der Waals surface area contributed by atoms with Crippen LogP contribution >= 0.6 is 11.6 Å². The molecule has 1 fully saturated rings. The van der Waals surface area contributed by atoms with Crippen LogP contribution < -0.4 is 14.4 Å². The molecule has 1 aromatic carbocycles. The summed E-state index contributed by atoms with van der Waals surface area (Å²) in [6.45, 7) is -0.266. The summed E-state index contributed by atoms with van der Waals surface area (Å²) in [5.41, 5.74) is 0.339. The van der Waals surface area contributed by atoms with Crippen LogP contribution in [0.5, 0.6) is 5.75 Å². The van der Waals surface area contributed by atoms with Gasteiger partial charge in [0.1, 0.15) is 12.3 Å². The van der Waals surface area contributed by atoms with Gasteiger partial charge in [0.2, 0.25) is 15.9 Å². The molecule has 6 nitrogen and oxygen atoms in total. The Kier molecular flexibility index (Phi) is 7.58.